The summed E-state index contributed by atoms with van der Waals surface area (Å²) in [6.45, 7) is 1.95. The lowest BCUT2D eigenvalue weighted by Crippen LogP contribution is -2.43. The van der Waals surface area contributed by atoms with Gasteiger partial charge in [-0.3, -0.25) is 9.36 Å². The zero-order valence-electron chi connectivity index (χ0n) is 17.1. The molecule has 0 radical (unpaired) electrons. The number of aromatic nitrogens is 3. The van der Waals surface area contributed by atoms with Crippen LogP contribution in [-0.4, -0.2) is 48.0 Å². The van der Waals surface area contributed by atoms with Crippen molar-refractivity contribution in [1.29, 1.82) is 0 Å². The summed E-state index contributed by atoms with van der Waals surface area (Å²) < 4.78 is 12.6. The first-order valence-corrected chi connectivity index (χ1v) is 10.7. The lowest BCUT2D eigenvalue weighted by atomic mass is 9.97. The van der Waals surface area contributed by atoms with E-state index in [1.54, 1.807) is 14.2 Å². The molecule has 1 aliphatic rings. The van der Waals surface area contributed by atoms with Gasteiger partial charge in [-0.2, -0.15) is 0 Å². The maximum atomic E-state index is 12.8. The van der Waals surface area contributed by atoms with E-state index in [0.717, 1.165) is 41.0 Å². The third-order valence-electron chi connectivity index (χ3n) is 5.24. The zero-order chi connectivity index (χ0) is 20.9. The SMILES string of the molecule is COc1ccc(CNC(=O)C2CCCN(c3nnc(-n4cccc4)s3)C2)c(OC)c1. The summed E-state index contributed by atoms with van der Waals surface area (Å²) in [6, 6.07) is 9.52. The van der Waals surface area contributed by atoms with Gasteiger partial charge in [0, 0.05) is 43.7 Å². The Bertz CT molecular complexity index is 988. The number of nitrogens with zero attached hydrogens (tertiary/aromatic N) is 4. The maximum Gasteiger partial charge on any atom is 0.225 e. The van der Waals surface area contributed by atoms with Gasteiger partial charge < -0.3 is 19.7 Å². The Labute approximate surface area is 179 Å². The zero-order valence-corrected chi connectivity index (χ0v) is 17.9. The van der Waals surface area contributed by atoms with Gasteiger partial charge in [-0.15, -0.1) is 10.2 Å². The Morgan fingerprint density at radius 1 is 1.20 bits per heavy atom. The molecule has 1 atom stereocenters. The predicted molar refractivity (Wildman–Crippen MR) is 116 cm³/mol. The number of hydrogen-bond donors (Lipinski definition) is 1. The van der Waals surface area contributed by atoms with Crippen LogP contribution in [0.15, 0.2) is 42.7 Å². The van der Waals surface area contributed by atoms with Crippen molar-refractivity contribution in [1.82, 2.24) is 20.1 Å². The second-order valence-electron chi connectivity index (χ2n) is 7.14. The van der Waals surface area contributed by atoms with Crippen molar-refractivity contribution in [3.8, 4) is 16.6 Å². The van der Waals surface area contributed by atoms with Gasteiger partial charge in [-0.25, -0.2) is 0 Å². The number of anilines is 1. The fraction of sp³-hybridized carbons (Fsp3) is 0.381. The highest BCUT2D eigenvalue weighted by molar-refractivity contribution is 7.17. The summed E-state index contributed by atoms with van der Waals surface area (Å²) in [5.41, 5.74) is 0.916. The number of amides is 1. The number of rotatable bonds is 7. The third-order valence-corrected chi connectivity index (χ3v) is 6.24. The molecule has 0 aliphatic carbocycles. The molecule has 3 heterocycles. The van der Waals surface area contributed by atoms with E-state index in [1.807, 2.05) is 47.3 Å². The minimum atomic E-state index is -0.0816. The normalized spacial score (nSPS) is 16.3. The number of nitrogens with one attached hydrogen (secondary N) is 1. The van der Waals surface area contributed by atoms with E-state index in [0.29, 0.717) is 18.8 Å². The maximum absolute atomic E-state index is 12.8. The summed E-state index contributed by atoms with van der Waals surface area (Å²) >= 11 is 1.54. The van der Waals surface area contributed by atoms with Crippen molar-refractivity contribution < 1.29 is 14.3 Å². The van der Waals surface area contributed by atoms with E-state index in [9.17, 15) is 4.79 Å². The van der Waals surface area contributed by atoms with Gasteiger partial charge in [0.05, 0.1) is 20.1 Å². The molecule has 1 unspecified atom stereocenters. The van der Waals surface area contributed by atoms with E-state index in [2.05, 4.69) is 20.4 Å². The fourth-order valence-corrected chi connectivity index (χ4v) is 4.44. The number of ether oxygens (including phenoxy) is 2. The van der Waals surface area contributed by atoms with Crippen molar-refractivity contribution in [2.45, 2.75) is 19.4 Å². The molecule has 1 aromatic carbocycles. The van der Waals surface area contributed by atoms with E-state index >= 15 is 0 Å². The minimum absolute atomic E-state index is 0.0488. The van der Waals surface area contributed by atoms with Crippen LogP contribution < -0.4 is 19.7 Å². The van der Waals surface area contributed by atoms with Gasteiger partial charge in [-0.1, -0.05) is 11.3 Å². The molecule has 0 spiro atoms. The summed E-state index contributed by atoms with van der Waals surface area (Å²) in [5.74, 6) is 1.39. The van der Waals surface area contributed by atoms with Gasteiger partial charge in [0.1, 0.15) is 11.5 Å². The highest BCUT2D eigenvalue weighted by atomic mass is 32.1. The lowest BCUT2D eigenvalue weighted by molar-refractivity contribution is -0.125. The van der Waals surface area contributed by atoms with Crippen LogP contribution in [0.5, 0.6) is 11.5 Å². The summed E-state index contributed by atoms with van der Waals surface area (Å²) in [6.07, 6.45) is 5.71. The molecule has 8 nitrogen and oxygen atoms in total. The molecule has 1 N–H and O–H groups in total. The van der Waals surface area contributed by atoms with E-state index in [-0.39, 0.29) is 11.8 Å². The van der Waals surface area contributed by atoms with Gasteiger partial charge in [0.25, 0.3) is 0 Å². The number of methoxy groups -OCH3 is 2. The molecule has 158 valence electrons. The molecule has 1 fully saturated rings. The average molecular weight is 428 g/mol. The monoisotopic (exact) mass is 427 g/mol. The number of carbonyl (C=O) groups is 1. The van der Waals surface area contributed by atoms with Crippen molar-refractivity contribution in [3.05, 3.63) is 48.3 Å². The van der Waals surface area contributed by atoms with Gasteiger partial charge in [0.15, 0.2) is 0 Å². The van der Waals surface area contributed by atoms with Crippen molar-refractivity contribution >= 4 is 22.4 Å². The smallest absolute Gasteiger partial charge is 0.225 e. The van der Waals surface area contributed by atoms with Crippen LogP contribution in [0, 0.1) is 5.92 Å². The summed E-state index contributed by atoms with van der Waals surface area (Å²) in [7, 11) is 3.23. The number of hydrogen-bond acceptors (Lipinski definition) is 7. The average Bonchev–Trinajstić information content (AvgIpc) is 3.49. The van der Waals surface area contributed by atoms with Gasteiger partial charge >= 0.3 is 0 Å². The first-order valence-electron chi connectivity index (χ1n) is 9.88. The minimum Gasteiger partial charge on any atom is -0.497 e. The Kier molecular flexibility index (Phi) is 6.18. The largest absolute Gasteiger partial charge is 0.497 e. The van der Waals surface area contributed by atoms with Crippen LogP contribution in [0.1, 0.15) is 18.4 Å². The lowest BCUT2D eigenvalue weighted by Gasteiger charge is -2.31. The van der Waals surface area contributed by atoms with Crippen molar-refractivity contribution in [2.24, 2.45) is 5.92 Å². The Balaban J connectivity index is 1.37. The number of benzene rings is 1. The highest BCUT2D eigenvalue weighted by Crippen LogP contribution is 2.28. The van der Waals surface area contributed by atoms with Crippen LogP contribution in [-0.2, 0) is 11.3 Å². The van der Waals surface area contributed by atoms with Gasteiger partial charge in [0.2, 0.25) is 16.2 Å². The van der Waals surface area contributed by atoms with E-state index in [1.165, 1.54) is 11.3 Å². The standard InChI is InChI=1S/C21H25N5O3S/c1-28-17-8-7-15(18(12-17)29-2)13-22-19(27)16-6-5-11-26(14-16)21-24-23-20(30-21)25-9-3-4-10-25/h3-4,7-10,12,16H,5-6,11,13-14H2,1-2H3,(H,22,27). The third kappa shape index (κ3) is 4.40. The van der Waals surface area contributed by atoms with Crippen LogP contribution in [0.3, 0.4) is 0 Å². The Morgan fingerprint density at radius 2 is 2.00 bits per heavy atom. The van der Waals surface area contributed by atoms with Crippen molar-refractivity contribution in [3.63, 3.8) is 0 Å². The molecule has 4 rings (SSSR count). The molecule has 1 saturated heterocycles. The Morgan fingerprint density at radius 3 is 2.77 bits per heavy atom. The second kappa shape index (κ2) is 9.17. The first-order chi connectivity index (χ1) is 14.7. The quantitative estimate of drug-likeness (QED) is 0.624. The highest BCUT2D eigenvalue weighted by Gasteiger charge is 2.27. The molecular weight excluding hydrogens is 402 g/mol. The van der Waals surface area contributed by atoms with Crippen molar-refractivity contribution in [2.75, 3.05) is 32.2 Å². The molecule has 0 bridgehead atoms. The molecule has 1 aliphatic heterocycles. The van der Waals surface area contributed by atoms with Crippen LogP contribution in [0.25, 0.3) is 5.13 Å². The number of carbonyl (C=O) groups excluding carboxylic acids is 1. The van der Waals surface area contributed by atoms with E-state index in [4.69, 9.17) is 9.47 Å². The van der Waals surface area contributed by atoms with Crippen LogP contribution >= 0.6 is 11.3 Å². The molecule has 3 aromatic rings. The van der Waals surface area contributed by atoms with Crippen LogP contribution in [0.4, 0.5) is 5.13 Å². The summed E-state index contributed by atoms with van der Waals surface area (Å²) in [5, 5.41) is 13.4. The summed E-state index contributed by atoms with van der Waals surface area (Å²) in [4.78, 5) is 15.0. The molecule has 2 aromatic heterocycles. The molecule has 30 heavy (non-hydrogen) atoms. The molecule has 9 heteroatoms. The molecule has 0 saturated carbocycles. The number of piperidine rings is 1. The topological polar surface area (TPSA) is 81.5 Å². The second-order valence-corrected chi connectivity index (χ2v) is 8.07. The first kappa shape index (κ1) is 20.2. The van der Waals surface area contributed by atoms with E-state index < -0.39 is 0 Å². The fourth-order valence-electron chi connectivity index (χ4n) is 3.59. The Hall–Kier alpha value is -3.07. The molecular formula is C21H25N5O3S. The van der Waals surface area contributed by atoms with Crippen LogP contribution in [0.2, 0.25) is 0 Å². The predicted octanol–water partition coefficient (Wildman–Crippen LogP) is 2.88. The molecule has 1 amide bonds. The van der Waals surface area contributed by atoms with Gasteiger partial charge in [-0.05, 0) is 37.1 Å².